The predicted molar refractivity (Wildman–Crippen MR) is 108 cm³/mol. The van der Waals surface area contributed by atoms with Gasteiger partial charge in [-0.15, -0.1) is 0 Å². The highest BCUT2D eigenvalue weighted by Gasteiger charge is 2.58. The standard InChI is InChI=1S/C22H16F4N4O3/c1-12-29(14-3-2-13(10-27)17(8-14)22(24,25)26)20(32)21(6-7-33-11-21)30(12)15-4-5-16(19(28)31)18(23)9-15/h2-5,8-9H,1,6-7,11H2,(H2,28,31)/t21-/m1/s1. The van der Waals surface area contributed by atoms with Crippen LogP contribution in [0.3, 0.4) is 0 Å². The number of amides is 2. The lowest BCUT2D eigenvalue weighted by atomic mass is 9.95. The van der Waals surface area contributed by atoms with E-state index >= 15 is 0 Å². The predicted octanol–water partition coefficient (Wildman–Crippen LogP) is 3.30. The van der Waals surface area contributed by atoms with Gasteiger partial charge in [0.1, 0.15) is 11.6 Å². The van der Waals surface area contributed by atoms with Gasteiger partial charge < -0.3 is 15.4 Å². The van der Waals surface area contributed by atoms with Gasteiger partial charge in [0.2, 0.25) is 0 Å². The first-order valence-corrected chi connectivity index (χ1v) is 9.63. The summed E-state index contributed by atoms with van der Waals surface area (Å²) in [6, 6.07) is 7.89. The fraction of sp³-hybridized carbons (Fsp3) is 0.227. The second-order valence-electron chi connectivity index (χ2n) is 7.59. The Hall–Kier alpha value is -3.91. The number of benzene rings is 2. The Kier molecular flexibility index (Phi) is 5.13. The van der Waals surface area contributed by atoms with Gasteiger partial charge in [-0.3, -0.25) is 14.5 Å². The third-order valence-electron chi connectivity index (χ3n) is 5.71. The van der Waals surface area contributed by atoms with E-state index in [0.29, 0.717) is 6.07 Å². The van der Waals surface area contributed by atoms with Crippen LogP contribution >= 0.6 is 0 Å². The van der Waals surface area contributed by atoms with Crippen molar-refractivity contribution >= 4 is 23.2 Å². The molecule has 2 aliphatic heterocycles. The molecule has 2 fully saturated rings. The maximum absolute atomic E-state index is 14.5. The van der Waals surface area contributed by atoms with E-state index in [4.69, 9.17) is 15.7 Å². The van der Waals surface area contributed by atoms with Crippen molar-refractivity contribution in [3.8, 4) is 6.07 Å². The molecule has 2 saturated heterocycles. The van der Waals surface area contributed by atoms with Gasteiger partial charge in [-0.2, -0.15) is 18.4 Å². The first kappa shape index (κ1) is 22.3. The molecule has 0 aromatic heterocycles. The van der Waals surface area contributed by atoms with Crippen LogP contribution in [0.15, 0.2) is 48.8 Å². The molecule has 4 rings (SSSR count). The van der Waals surface area contributed by atoms with Crippen molar-refractivity contribution < 1.29 is 31.9 Å². The van der Waals surface area contributed by atoms with Gasteiger partial charge in [0, 0.05) is 18.7 Å². The summed E-state index contributed by atoms with van der Waals surface area (Å²) in [5, 5.41) is 9.05. The third kappa shape index (κ3) is 3.39. The van der Waals surface area contributed by atoms with Crippen LogP contribution in [0.5, 0.6) is 0 Å². The number of rotatable bonds is 3. The molecule has 170 valence electrons. The van der Waals surface area contributed by atoms with Gasteiger partial charge in [0.25, 0.3) is 11.8 Å². The molecule has 2 aliphatic rings. The molecule has 2 aromatic rings. The average Bonchev–Trinajstić information content (AvgIpc) is 3.31. The van der Waals surface area contributed by atoms with E-state index in [1.807, 2.05) is 0 Å². The number of anilines is 2. The van der Waals surface area contributed by atoms with Gasteiger partial charge >= 0.3 is 6.18 Å². The van der Waals surface area contributed by atoms with Crippen molar-refractivity contribution in [2.24, 2.45) is 5.73 Å². The summed E-state index contributed by atoms with van der Waals surface area (Å²) in [5.41, 5.74) is 1.62. The minimum atomic E-state index is -4.83. The summed E-state index contributed by atoms with van der Waals surface area (Å²) in [4.78, 5) is 27.3. The molecule has 11 heteroatoms. The van der Waals surface area contributed by atoms with Crippen molar-refractivity contribution in [3.63, 3.8) is 0 Å². The lowest BCUT2D eigenvalue weighted by Gasteiger charge is -2.32. The highest BCUT2D eigenvalue weighted by atomic mass is 19.4. The number of carbonyl (C=O) groups excluding carboxylic acids is 2. The fourth-order valence-electron chi connectivity index (χ4n) is 4.18. The lowest BCUT2D eigenvalue weighted by molar-refractivity contribution is -0.137. The fourth-order valence-corrected chi connectivity index (χ4v) is 4.18. The molecule has 0 radical (unpaired) electrons. The Bertz CT molecular complexity index is 1230. The molecule has 33 heavy (non-hydrogen) atoms. The molecular formula is C22H16F4N4O3. The zero-order chi connectivity index (χ0) is 24.1. The number of nitrogens with two attached hydrogens (primary N) is 1. The summed E-state index contributed by atoms with van der Waals surface area (Å²) < 4.78 is 60.4. The van der Waals surface area contributed by atoms with Gasteiger partial charge in [-0.05, 0) is 36.4 Å². The van der Waals surface area contributed by atoms with Crippen LogP contribution in [0.4, 0.5) is 28.9 Å². The van der Waals surface area contributed by atoms with Gasteiger partial charge in [0.15, 0.2) is 5.54 Å². The minimum Gasteiger partial charge on any atom is -0.378 e. The molecular weight excluding hydrogens is 444 g/mol. The first-order chi connectivity index (χ1) is 15.5. The second kappa shape index (κ2) is 7.60. The highest BCUT2D eigenvalue weighted by molar-refractivity contribution is 6.10. The Morgan fingerprint density at radius 2 is 1.91 bits per heavy atom. The van der Waals surface area contributed by atoms with E-state index in [1.165, 1.54) is 23.1 Å². The number of carbonyl (C=O) groups is 2. The molecule has 7 nitrogen and oxygen atoms in total. The second-order valence-corrected chi connectivity index (χ2v) is 7.59. The number of ether oxygens (including phenoxy) is 1. The normalized spacial score (nSPS) is 20.6. The largest absolute Gasteiger partial charge is 0.417 e. The zero-order valence-corrected chi connectivity index (χ0v) is 16.9. The summed E-state index contributed by atoms with van der Waals surface area (Å²) in [6.07, 6.45) is -4.66. The molecule has 0 bridgehead atoms. The van der Waals surface area contributed by atoms with E-state index < -0.39 is 40.5 Å². The zero-order valence-electron chi connectivity index (χ0n) is 16.9. The van der Waals surface area contributed by atoms with Crippen LogP contribution in [0.1, 0.15) is 27.9 Å². The van der Waals surface area contributed by atoms with Crippen molar-refractivity contribution in [1.29, 1.82) is 5.26 Å². The topological polar surface area (TPSA) is 99.7 Å². The van der Waals surface area contributed by atoms with Crippen LogP contribution in [0.25, 0.3) is 0 Å². The molecule has 0 aliphatic carbocycles. The number of alkyl halides is 3. The molecule has 1 atom stereocenters. The van der Waals surface area contributed by atoms with Crippen molar-refractivity contribution in [3.05, 3.63) is 71.3 Å². The average molecular weight is 460 g/mol. The molecule has 1 spiro atoms. The summed E-state index contributed by atoms with van der Waals surface area (Å²) >= 11 is 0. The van der Waals surface area contributed by atoms with Crippen LogP contribution in [0, 0.1) is 17.1 Å². The Labute approximate surface area is 185 Å². The van der Waals surface area contributed by atoms with E-state index in [1.54, 1.807) is 0 Å². The minimum absolute atomic E-state index is 0.0328. The highest BCUT2D eigenvalue weighted by Crippen LogP contribution is 2.45. The van der Waals surface area contributed by atoms with E-state index in [-0.39, 0.29) is 42.4 Å². The van der Waals surface area contributed by atoms with Crippen LogP contribution in [-0.2, 0) is 15.7 Å². The molecule has 2 amide bonds. The molecule has 2 heterocycles. The molecule has 2 aromatic carbocycles. The van der Waals surface area contributed by atoms with Crippen molar-refractivity contribution in [2.45, 2.75) is 18.1 Å². The molecule has 2 N–H and O–H groups in total. The van der Waals surface area contributed by atoms with Crippen molar-refractivity contribution in [2.75, 3.05) is 23.0 Å². The number of hydrogen-bond donors (Lipinski definition) is 1. The van der Waals surface area contributed by atoms with Crippen LogP contribution in [0.2, 0.25) is 0 Å². The first-order valence-electron chi connectivity index (χ1n) is 9.63. The summed E-state index contributed by atoms with van der Waals surface area (Å²) in [5.74, 6) is -2.55. The van der Waals surface area contributed by atoms with E-state index in [2.05, 4.69) is 6.58 Å². The lowest BCUT2D eigenvalue weighted by Crippen LogP contribution is -2.50. The number of halogens is 4. The smallest absolute Gasteiger partial charge is 0.378 e. The SMILES string of the molecule is C=C1N(c2ccc(C#N)c(C(F)(F)F)c2)C(=O)[C@]2(CCOC2)N1c1ccc(C(N)=O)c(F)c1. The van der Waals surface area contributed by atoms with Gasteiger partial charge in [0.05, 0.1) is 35.1 Å². The van der Waals surface area contributed by atoms with E-state index in [9.17, 15) is 27.2 Å². The van der Waals surface area contributed by atoms with Crippen LogP contribution in [-0.4, -0.2) is 30.6 Å². The monoisotopic (exact) mass is 460 g/mol. The third-order valence-corrected chi connectivity index (χ3v) is 5.71. The number of hydrogen-bond acceptors (Lipinski definition) is 5. The summed E-state index contributed by atoms with van der Waals surface area (Å²) in [6.45, 7) is 3.95. The number of nitrogens with zero attached hydrogens (tertiary/aromatic N) is 3. The molecule has 0 saturated carbocycles. The Balaban J connectivity index is 1.85. The quantitative estimate of drug-likeness (QED) is 0.709. The van der Waals surface area contributed by atoms with Gasteiger partial charge in [-0.1, -0.05) is 6.58 Å². The number of primary amides is 1. The maximum Gasteiger partial charge on any atom is 0.417 e. The number of nitriles is 1. The molecule has 0 unspecified atom stereocenters. The summed E-state index contributed by atoms with van der Waals surface area (Å²) in [7, 11) is 0. The Morgan fingerprint density at radius 1 is 1.21 bits per heavy atom. The van der Waals surface area contributed by atoms with Crippen molar-refractivity contribution in [1.82, 2.24) is 0 Å². The van der Waals surface area contributed by atoms with E-state index in [0.717, 1.165) is 23.1 Å². The Morgan fingerprint density at radius 3 is 2.45 bits per heavy atom. The maximum atomic E-state index is 14.5. The van der Waals surface area contributed by atoms with Gasteiger partial charge in [-0.25, -0.2) is 4.39 Å². The van der Waals surface area contributed by atoms with Crippen LogP contribution < -0.4 is 15.5 Å².